The second-order valence-electron chi connectivity index (χ2n) is 0.864. The molecule has 0 radical (unpaired) electrons. The lowest BCUT2D eigenvalue weighted by molar-refractivity contribution is 0.251. The minimum atomic E-state index is -2.63. The molecule has 0 fully saturated rings. The Morgan fingerprint density at radius 3 is 2.25 bits per heavy atom. The fourth-order valence-corrected chi connectivity index (χ4v) is 0.340. The van der Waals surface area contributed by atoms with Crippen LogP contribution in [0.2, 0.25) is 0 Å². The summed E-state index contributed by atoms with van der Waals surface area (Å²) in [5, 5.41) is 2.00. The topological polar surface area (TPSA) is 75.6 Å². The summed E-state index contributed by atoms with van der Waals surface area (Å²) in [5.41, 5.74) is 0. The first-order valence-corrected chi connectivity index (χ1v) is 2.73. The van der Waals surface area contributed by atoms with Gasteiger partial charge in [-0.05, 0) is 0 Å². The summed E-state index contributed by atoms with van der Waals surface area (Å²) >= 11 is 0. The Kier molecular flexibility index (Phi) is 2.78. The summed E-state index contributed by atoms with van der Waals surface area (Å²) in [7, 11) is -1.34. The zero-order chi connectivity index (χ0) is 6.57. The molecule has 0 bridgehead atoms. The maximum absolute atomic E-state index is 9.95. The number of carbonyl (C=O) groups excluding carboxylic acids is 1. The van der Waals surface area contributed by atoms with Crippen molar-refractivity contribution in [1.29, 1.82) is 0 Å². The molecule has 0 atom stereocenters. The lowest BCUT2D eigenvalue weighted by Crippen LogP contribution is -2.11. The van der Waals surface area contributed by atoms with Crippen LogP contribution >= 0.6 is 0 Å². The van der Waals surface area contributed by atoms with Gasteiger partial charge in [-0.2, -0.15) is 8.42 Å². The maximum Gasteiger partial charge on any atom is 0.355 e. The number of nitrogens with zero attached hydrogens (tertiary/aromatic N) is 1. The first-order chi connectivity index (χ1) is 3.66. The van der Waals surface area contributed by atoms with Crippen LogP contribution in [0.25, 0.3) is 0 Å². The van der Waals surface area contributed by atoms with Gasteiger partial charge in [0.1, 0.15) is 0 Å². The van der Waals surface area contributed by atoms with Gasteiger partial charge >= 0.3 is 16.5 Å². The molecule has 6 heteroatoms. The molecular weight excluding hydrogens is 132 g/mol. The highest BCUT2D eigenvalue weighted by Crippen LogP contribution is 1.66. The minimum Gasteiger partial charge on any atom is -0.338 e. The van der Waals surface area contributed by atoms with Crippen LogP contribution in [0, 0.1) is 0 Å². The number of urea groups is 1. The number of hydrogen-bond acceptors (Lipinski definition) is 3. The van der Waals surface area contributed by atoms with Crippen molar-refractivity contribution in [2.24, 2.45) is 4.36 Å². The molecule has 0 saturated heterocycles. The summed E-state index contributed by atoms with van der Waals surface area (Å²) in [6.45, 7) is 0. The molecule has 0 aliphatic heterocycles. The van der Waals surface area contributed by atoms with Crippen LogP contribution in [0.3, 0.4) is 0 Å². The lowest BCUT2D eigenvalue weighted by Gasteiger charge is -1.79. The second kappa shape index (κ2) is 3.14. The van der Waals surface area contributed by atoms with Gasteiger partial charge in [-0.25, -0.2) is 4.79 Å². The summed E-state index contributed by atoms with van der Waals surface area (Å²) in [4.78, 5) is 9.95. The lowest BCUT2D eigenvalue weighted by atomic mass is 11.0. The van der Waals surface area contributed by atoms with Crippen molar-refractivity contribution in [1.82, 2.24) is 5.32 Å². The van der Waals surface area contributed by atoms with Gasteiger partial charge in [-0.3, -0.25) is 0 Å². The number of hydrogen-bond donors (Lipinski definition) is 1. The smallest absolute Gasteiger partial charge is 0.338 e. The fraction of sp³-hybridized carbons (Fsp3) is 0.500. The molecule has 8 heavy (non-hydrogen) atoms. The molecule has 5 nitrogen and oxygen atoms in total. The maximum atomic E-state index is 9.95. The highest BCUT2D eigenvalue weighted by atomic mass is 32.2. The molecule has 0 saturated carbocycles. The zero-order valence-electron chi connectivity index (χ0n) is 4.08. The van der Waals surface area contributed by atoms with Gasteiger partial charge < -0.3 is 5.32 Å². The highest BCUT2D eigenvalue weighted by molar-refractivity contribution is 7.62. The largest absolute Gasteiger partial charge is 0.355 e. The minimum absolute atomic E-state index is 0.863. The number of amides is 2. The van der Waals surface area contributed by atoms with Crippen LogP contribution < -0.4 is 5.32 Å². The summed E-state index contributed by atoms with van der Waals surface area (Å²) < 4.78 is 21.6. The summed E-state index contributed by atoms with van der Waals surface area (Å²) in [6, 6.07) is -0.863. The van der Waals surface area contributed by atoms with Gasteiger partial charge in [0.05, 0.1) is 0 Å². The molecule has 0 spiro atoms. The molecule has 0 aliphatic rings. The van der Waals surface area contributed by atoms with E-state index in [9.17, 15) is 13.2 Å². The first-order valence-electron chi connectivity index (χ1n) is 1.69. The fourth-order valence-electron chi connectivity index (χ4n) is 0.113. The number of carbonyl (C=O) groups is 1. The average Bonchev–Trinajstić information content (AvgIpc) is 1.65. The van der Waals surface area contributed by atoms with Gasteiger partial charge in [0.15, 0.2) is 0 Å². The predicted octanol–water partition coefficient (Wildman–Crippen LogP) is -0.611. The molecule has 0 aromatic rings. The van der Waals surface area contributed by atoms with E-state index in [-0.39, 0.29) is 0 Å². The summed E-state index contributed by atoms with van der Waals surface area (Å²) in [6.07, 6.45) is 0. The normalized spacial score (nSPS) is 7.62. The quantitative estimate of drug-likeness (QED) is 0.482. The highest BCUT2D eigenvalue weighted by Gasteiger charge is 1.87. The number of rotatable bonds is 0. The van der Waals surface area contributed by atoms with Crippen molar-refractivity contribution in [2.45, 2.75) is 0 Å². The van der Waals surface area contributed by atoms with E-state index in [4.69, 9.17) is 0 Å². The van der Waals surface area contributed by atoms with E-state index < -0.39 is 16.5 Å². The Hall–Kier alpha value is -0.910. The van der Waals surface area contributed by atoms with Crippen molar-refractivity contribution < 1.29 is 13.2 Å². The van der Waals surface area contributed by atoms with Crippen molar-refractivity contribution in [3.05, 3.63) is 0 Å². The van der Waals surface area contributed by atoms with E-state index >= 15 is 0 Å². The Morgan fingerprint density at radius 2 is 2.12 bits per heavy atom. The summed E-state index contributed by atoms with van der Waals surface area (Å²) in [5.74, 6) is 0. The molecule has 2 amide bonds. The zero-order valence-corrected chi connectivity index (χ0v) is 4.90. The predicted molar refractivity (Wildman–Crippen MR) is 25.8 cm³/mol. The average molecular weight is 136 g/mol. The van der Waals surface area contributed by atoms with Crippen molar-refractivity contribution in [3.8, 4) is 0 Å². The SMILES string of the molecule is CNC(=O)N=S(=O)=O. The molecule has 0 aromatic heterocycles. The van der Waals surface area contributed by atoms with Crippen LogP contribution in [0.4, 0.5) is 4.79 Å². The van der Waals surface area contributed by atoms with E-state index in [0.717, 1.165) is 0 Å². The Bertz CT molecular complexity index is 195. The van der Waals surface area contributed by atoms with E-state index in [1.165, 1.54) is 7.05 Å². The standard InChI is InChI=1S/C2H4N2O3S/c1-3-2(5)4-8(6)7/h1H3,(H,3,5). The van der Waals surface area contributed by atoms with E-state index in [1.54, 1.807) is 0 Å². The van der Waals surface area contributed by atoms with Crippen molar-refractivity contribution >= 4 is 16.5 Å². The molecule has 0 rings (SSSR count). The monoisotopic (exact) mass is 136 g/mol. The Labute approximate surface area is 47.4 Å². The van der Waals surface area contributed by atoms with Gasteiger partial charge in [0, 0.05) is 7.05 Å². The van der Waals surface area contributed by atoms with Crippen LogP contribution in [-0.2, 0) is 10.5 Å². The third-order valence-electron chi connectivity index (χ3n) is 0.371. The van der Waals surface area contributed by atoms with Gasteiger partial charge in [0.2, 0.25) is 0 Å². The molecule has 46 valence electrons. The molecule has 0 aromatic carbocycles. The third kappa shape index (κ3) is 3.29. The van der Waals surface area contributed by atoms with E-state index in [1.807, 2.05) is 5.32 Å². The number of nitrogens with one attached hydrogen (secondary N) is 1. The van der Waals surface area contributed by atoms with Crippen LogP contribution in [0.15, 0.2) is 4.36 Å². The first kappa shape index (κ1) is 7.09. The molecule has 1 N–H and O–H groups in total. The van der Waals surface area contributed by atoms with E-state index in [2.05, 4.69) is 4.36 Å². The molecule has 0 heterocycles. The van der Waals surface area contributed by atoms with Crippen LogP contribution in [0.1, 0.15) is 0 Å². The van der Waals surface area contributed by atoms with Crippen LogP contribution in [0.5, 0.6) is 0 Å². The van der Waals surface area contributed by atoms with Crippen molar-refractivity contribution in [2.75, 3.05) is 7.05 Å². The van der Waals surface area contributed by atoms with E-state index in [0.29, 0.717) is 0 Å². The van der Waals surface area contributed by atoms with Gasteiger partial charge in [0.25, 0.3) is 0 Å². The Balaban J connectivity index is 4.12. The third-order valence-corrected chi connectivity index (χ3v) is 0.686. The molecule has 0 unspecified atom stereocenters. The Morgan fingerprint density at radius 1 is 1.62 bits per heavy atom. The molecular formula is C2H4N2O3S. The van der Waals surface area contributed by atoms with Crippen LogP contribution in [-0.4, -0.2) is 21.5 Å². The van der Waals surface area contributed by atoms with Gasteiger partial charge in [-0.15, -0.1) is 0 Å². The second-order valence-corrected chi connectivity index (χ2v) is 1.48. The van der Waals surface area contributed by atoms with Gasteiger partial charge in [-0.1, -0.05) is 4.36 Å². The van der Waals surface area contributed by atoms with Crippen molar-refractivity contribution in [3.63, 3.8) is 0 Å². The molecule has 0 aliphatic carbocycles.